The van der Waals surface area contributed by atoms with Gasteiger partial charge in [0.2, 0.25) is 0 Å². The molecule has 0 heterocycles. The molecule has 92 valence electrons. The summed E-state index contributed by atoms with van der Waals surface area (Å²) in [5.41, 5.74) is 5.96. The first kappa shape index (κ1) is 12.4. The smallest absolute Gasteiger partial charge is 0.395 e. The quantitative estimate of drug-likeness (QED) is 0.743. The number of fused-ring (bicyclic) bond motifs is 1. The van der Waals surface area contributed by atoms with Crippen molar-refractivity contribution in [1.29, 1.82) is 0 Å². The van der Waals surface area contributed by atoms with Crippen LogP contribution < -0.4 is 5.73 Å². The number of alkyl halides is 3. The second-order valence-electron chi connectivity index (χ2n) is 3.99. The third-order valence-electron chi connectivity index (χ3n) is 2.91. The Hall–Kier alpha value is -1.04. The Morgan fingerprint density at radius 1 is 1.35 bits per heavy atom. The summed E-state index contributed by atoms with van der Waals surface area (Å²) in [4.78, 5) is 11.7. The molecule has 0 spiro atoms. The maximum atomic E-state index is 12.8. The van der Waals surface area contributed by atoms with Gasteiger partial charge in [0.05, 0.1) is 10.4 Å². The van der Waals surface area contributed by atoms with Crippen molar-refractivity contribution in [2.45, 2.75) is 24.9 Å². The number of rotatable bonds is 0. The molecule has 0 saturated carbocycles. The van der Waals surface area contributed by atoms with Crippen LogP contribution in [0, 0.1) is 0 Å². The number of hydrogen-bond donors (Lipinski definition) is 1. The van der Waals surface area contributed by atoms with Gasteiger partial charge in [-0.05, 0) is 34.0 Å². The van der Waals surface area contributed by atoms with Crippen molar-refractivity contribution in [2.75, 3.05) is 5.73 Å². The Morgan fingerprint density at radius 2 is 2.00 bits per heavy atom. The van der Waals surface area contributed by atoms with Gasteiger partial charge in [-0.25, -0.2) is 0 Å². The molecule has 0 amide bonds. The SMILES string of the molecule is Nc1ccc2c(c1Br)C(=O)CC[C@@H]2C(F)(F)F. The predicted octanol–water partition coefficient (Wildman–Crippen LogP) is 3.65. The topological polar surface area (TPSA) is 43.1 Å². The largest absolute Gasteiger partial charge is 0.398 e. The minimum absolute atomic E-state index is 0.0230. The molecule has 0 fully saturated rings. The van der Waals surface area contributed by atoms with Crippen molar-refractivity contribution in [2.24, 2.45) is 0 Å². The van der Waals surface area contributed by atoms with Crippen LogP contribution >= 0.6 is 15.9 Å². The zero-order chi connectivity index (χ0) is 12.8. The van der Waals surface area contributed by atoms with Gasteiger partial charge in [0.15, 0.2) is 5.78 Å². The molecule has 17 heavy (non-hydrogen) atoms. The molecule has 1 atom stereocenters. The summed E-state index contributed by atoms with van der Waals surface area (Å²) in [6, 6.07) is 2.69. The molecule has 2 nitrogen and oxygen atoms in total. The molecule has 0 aromatic heterocycles. The summed E-state index contributed by atoms with van der Waals surface area (Å²) >= 11 is 3.09. The lowest BCUT2D eigenvalue weighted by atomic mass is 9.81. The maximum Gasteiger partial charge on any atom is 0.395 e. The van der Waals surface area contributed by atoms with E-state index in [4.69, 9.17) is 5.73 Å². The monoisotopic (exact) mass is 307 g/mol. The summed E-state index contributed by atoms with van der Waals surface area (Å²) in [6.45, 7) is 0. The molecule has 0 radical (unpaired) electrons. The lowest BCUT2D eigenvalue weighted by Crippen LogP contribution is -2.27. The van der Waals surface area contributed by atoms with Gasteiger partial charge in [0, 0.05) is 17.7 Å². The number of ketones is 1. The molecule has 0 aliphatic heterocycles. The number of nitrogen functional groups attached to an aromatic ring is 1. The van der Waals surface area contributed by atoms with E-state index in [9.17, 15) is 18.0 Å². The molecule has 1 aliphatic rings. The van der Waals surface area contributed by atoms with Crippen molar-refractivity contribution < 1.29 is 18.0 Å². The van der Waals surface area contributed by atoms with Crippen LogP contribution in [0.1, 0.15) is 34.7 Å². The van der Waals surface area contributed by atoms with Crippen LogP contribution in [-0.2, 0) is 0 Å². The van der Waals surface area contributed by atoms with Crippen LogP contribution in [0.2, 0.25) is 0 Å². The molecular weight excluding hydrogens is 299 g/mol. The number of carbonyl (C=O) groups excluding carboxylic acids is 1. The fourth-order valence-electron chi connectivity index (χ4n) is 2.08. The van der Waals surface area contributed by atoms with E-state index < -0.39 is 12.1 Å². The van der Waals surface area contributed by atoms with E-state index in [1.54, 1.807) is 0 Å². The first-order valence-corrected chi connectivity index (χ1v) is 5.79. The number of anilines is 1. The maximum absolute atomic E-state index is 12.8. The van der Waals surface area contributed by atoms with Crippen molar-refractivity contribution >= 4 is 27.4 Å². The van der Waals surface area contributed by atoms with Crippen molar-refractivity contribution in [1.82, 2.24) is 0 Å². The van der Waals surface area contributed by atoms with E-state index in [0.717, 1.165) is 0 Å². The minimum Gasteiger partial charge on any atom is -0.398 e. The van der Waals surface area contributed by atoms with E-state index in [-0.39, 0.29) is 39.9 Å². The number of halogens is 4. The Bertz CT molecular complexity index is 484. The summed E-state index contributed by atoms with van der Waals surface area (Å²) in [5.74, 6) is -1.87. The van der Waals surface area contributed by atoms with Gasteiger partial charge in [-0.15, -0.1) is 0 Å². The summed E-state index contributed by atoms with van der Waals surface area (Å²) in [7, 11) is 0. The van der Waals surface area contributed by atoms with Crippen molar-refractivity contribution in [3.05, 3.63) is 27.7 Å². The lowest BCUT2D eigenvalue weighted by Gasteiger charge is -2.27. The third-order valence-corrected chi connectivity index (χ3v) is 3.77. The molecule has 1 aromatic rings. The van der Waals surface area contributed by atoms with Gasteiger partial charge in [0.25, 0.3) is 0 Å². The van der Waals surface area contributed by atoms with Crippen LogP contribution in [0.15, 0.2) is 16.6 Å². The first-order valence-electron chi connectivity index (χ1n) is 5.00. The highest BCUT2D eigenvalue weighted by Crippen LogP contribution is 2.45. The number of Topliss-reactive ketones (excluding diaryl/α,β-unsaturated/α-hetero) is 1. The van der Waals surface area contributed by atoms with Gasteiger partial charge >= 0.3 is 6.18 Å². The van der Waals surface area contributed by atoms with E-state index in [1.807, 2.05) is 0 Å². The molecule has 0 unspecified atom stereocenters. The Kier molecular flexibility index (Phi) is 2.93. The zero-order valence-corrected chi connectivity index (χ0v) is 10.2. The summed E-state index contributed by atoms with van der Waals surface area (Å²) in [6.07, 6.45) is -4.62. The van der Waals surface area contributed by atoms with Crippen LogP contribution in [0.25, 0.3) is 0 Å². The number of carbonyl (C=O) groups is 1. The van der Waals surface area contributed by atoms with E-state index >= 15 is 0 Å². The van der Waals surface area contributed by atoms with Crippen LogP contribution in [0.3, 0.4) is 0 Å². The molecule has 1 aromatic carbocycles. The summed E-state index contributed by atoms with van der Waals surface area (Å²) in [5, 5.41) is 0. The van der Waals surface area contributed by atoms with Crippen LogP contribution in [0.4, 0.5) is 18.9 Å². The third kappa shape index (κ3) is 2.06. The van der Waals surface area contributed by atoms with E-state index in [2.05, 4.69) is 15.9 Å². The summed E-state index contributed by atoms with van der Waals surface area (Å²) < 4.78 is 38.7. The molecule has 2 rings (SSSR count). The molecule has 0 saturated heterocycles. The number of benzene rings is 1. The Morgan fingerprint density at radius 3 is 2.59 bits per heavy atom. The standard InChI is InChI=1S/C11H9BrF3NO/c12-10-7(16)3-1-5-6(11(13,14)15)2-4-8(17)9(5)10/h1,3,6H,2,4,16H2/t6-/m0/s1. The fraction of sp³-hybridized carbons (Fsp3) is 0.364. The second kappa shape index (κ2) is 4.01. The fourth-order valence-corrected chi connectivity index (χ4v) is 2.66. The van der Waals surface area contributed by atoms with Gasteiger partial charge < -0.3 is 5.73 Å². The van der Waals surface area contributed by atoms with Gasteiger partial charge in [-0.2, -0.15) is 13.2 Å². The van der Waals surface area contributed by atoms with Gasteiger partial charge in [-0.1, -0.05) is 6.07 Å². The van der Waals surface area contributed by atoms with Crippen LogP contribution in [0.5, 0.6) is 0 Å². The van der Waals surface area contributed by atoms with Crippen LogP contribution in [-0.4, -0.2) is 12.0 Å². The zero-order valence-electron chi connectivity index (χ0n) is 8.64. The number of nitrogens with two attached hydrogens (primary N) is 1. The molecule has 1 aliphatic carbocycles. The molecular formula is C11H9BrF3NO. The normalized spacial score (nSPS) is 20.2. The molecule has 0 bridgehead atoms. The molecule has 6 heteroatoms. The Labute approximate surface area is 104 Å². The van der Waals surface area contributed by atoms with Crippen molar-refractivity contribution in [3.8, 4) is 0 Å². The van der Waals surface area contributed by atoms with Gasteiger partial charge in [-0.3, -0.25) is 4.79 Å². The number of hydrogen-bond acceptors (Lipinski definition) is 2. The molecule has 2 N–H and O–H groups in total. The highest BCUT2D eigenvalue weighted by atomic mass is 79.9. The van der Waals surface area contributed by atoms with E-state index in [1.165, 1.54) is 12.1 Å². The highest BCUT2D eigenvalue weighted by molar-refractivity contribution is 9.10. The average molecular weight is 308 g/mol. The highest BCUT2D eigenvalue weighted by Gasteiger charge is 2.45. The second-order valence-corrected chi connectivity index (χ2v) is 4.78. The van der Waals surface area contributed by atoms with Gasteiger partial charge in [0.1, 0.15) is 0 Å². The van der Waals surface area contributed by atoms with E-state index in [0.29, 0.717) is 0 Å². The lowest BCUT2D eigenvalue weighted by molar-refractivity contribution is -0.152. The predicted molar refractivity (Wildman–Crippen MR) is 60.9 cm³/mol. The minimum atomic E-state index is -4.33. The average Bonchev–Trinajstić information content (AvgIpc) is 2.21. The Balaban J connectivity index is 2.62. The van der Waals surface area contributed by atoms with Crippen molar-refractivity contribution in [3.63, 3.8) is 0 Å². The first-order chi connectivity index (χ1) is 7.82.